The Morgan fingerprint density at radius 2 is 2.00 bits per heavy atom. The minimum absolute atomic E-state index is 0.254. The van der Waals surface area contributed by atoms with Crippen molar-refractivity contribution < 1.29 is 9.13 Å². The highest BCUT2D eigenvalue weighted by Crippen LogP contribution is 2.33. The van der Waals surface area contributed by atoms with Crippen LogP contribution >= 0.6 is 31.9 Å². The molecule has 2 aromatic rings. The second-order valence-corrected chi connectivity index (χ2v) is 5.94. The van der Waals surface area contributed by atoms with Gasteiger partial charge in [0.25, 0.3) is 0 Å². The van der Waals surface area contributed by atoms with E-state index in [1.54, 1.807) is 6.07 Å². The van der Waals surface area contributed by atoms with E-state index >= 15 is 0 Å². The van der Waals surface area contributed by atoms with Gasteiger partial charge in [0.05, 0.1) is 11.1 Å². The van der Waals surface area contributed by atoms with Gasteiger partial charge in [-0.05, 0) is 53.2 Å². The highest BCUT2D eigenvalue weighted by Gasteiger charge is 2.10. The van der Waals surface area contributed by atoms with Crippen LogP contribution in [0.25, 0.3) is 0 Å². The number of rotatable bonds is 5. The van der Waals surface area contributed by atoms with Crippen LogP contribution in [-0.2, 0) is 6.54 Å². The Hall–Kier alpha value is -1.07. The van der Waals surface area contributed by atoms with Crippen molar-refractivity contribution in [3.05, 3.63) is 56.7 Å². The Morgan fingerprint density at radius 3 is 2.70 bits per heavy atom. The molecule has 0 aliphatic carbocycles. The SMILES string of the molecule is CCOc1c(Br)cc(Br)cc1CNc1cccc(F)c1. The molecule has 2 rings (SSSR count). The maximum absolute atomic E-state index is 13.1. The number of anilines is 1. The maximum atomic E-state index is 13.1. The summed E-state index contributed by atoms with van der Waals surface area (Å²) in [5, 5.41) is 3.19. The van der Waals surface area contributed by atoms with E-state index in [1.807, 2.05) is 25.1 Å². The molecule has 1 N–H and O–H groups in total. The van der Waals surface area contributed by atoms with E-state index < -0.39 is 0 Å². The Bertz CT molecular complexity index is 604. The number of hydrogen-bond donors (Lipinski definition) is 1. The fourth-order valence-corrected chi connectivity index (χ4v) is 3.27. The highest BCUT2D eigenvalue weighted by molar-refractivity contribution is 9.11. The monoisotopic (exact) mass is 401 g/mol. The predicted molar refractivity (Wildman–Crippen MR) is 86.7 cm³/mol. The van der Waals surface area contributed by atoms with Crippen molar-refractivity contribution in [2.45, 2.75) is 13.5 Å². The first kappa shape index (κ1) is 15.3. The van der Waals surface area contributed by atoms with Gasteiger partial charge in [0.1, 0.15) is 11.6 Å². The van der Waals surface area contributed by atoms with Crippen molar-refractivity contribution >= 4 is 37.5 Å². The average molecular weight is 403 g/mol. The lowest BCUT2D eigenvalue weighted by molar-refractivity contribution is 0.334. The summed E-state index contributed by atoms with van der Waals surface area (Å²) in [6.07, 6.45) is 0. The van der Waals surface area contributed by atoms with Crippen molar-refractivity contribution in [2.24, 2.45) is 0 Å². The number of hydrogen-bond acceptors (Lipinski definition) is 2. The molecule has 0 saturated heterocycles. The van der Waals surface area contributed by atoms with Crippen molar-refractivity contribution in [1.29, 1.82) is 0 Å². The van der Waals surface area contributed by atoms with E-state index in [9.17, 15) is 4.39 Å². The lowest BCUT2D eigenvalue weighted by atomic mass is 10.2. The third-order valence-corrected chi connectivity index (χ3v) is 3.73. The first-order chi connectivity index (χ1) is 9.60. The van der Waals surface area contributed by atoms with E-state index in [0.717, 1.165) is 25.9 Å². The Balaban J connectivity index is 2.20. The molecule has 0 unspecified atom stereocenters. The third kappa shape index (κ3) is 3.96. The molecule has 0 aromatic heterocycles. The second kappa shape index (κ2) is 7.09. The molecule has 0 aliphatic heterocycles. The van der Waals surface area contributed by atoms with E-state index in [-0.39, 0.29) is 5.82 Å². The largest absolute Gasteiger partial charge is 0.492 e. The maximum Gasteiger partial charge on any atom is 0.138 e. The quantitative estimate of drug-likeness (QED) is 0.726. The molecule has 2 nitrogen and oxygen atoms in total. The molecule has 0 aliphatic rings. The number of nitrogens with one attached hydrogen (secondary N) is 1. The van der Waals surface area contributed by atoms with Gasteiger partial charge in [0.2, 0.25) is 0 Å². The van der Waals surface area contributed by atoms with Gasteiger partial charge in [-0.2, -0.15) is 0 Å². The lowest BCUT2D eigenvalue weighted by Gasteiger charge is -2.14. The Kier molecular flexibility index (Phi) is 5.43. The van der Waals surface area contributed by atoms with Gasteiger partial charge in [-0.15, -0.1) is 0 Å². The summed E-state index contributed by atoms with van der Waals surface area (Å²) in [6.45, 7) is 3.09. The molecular weight excluding hydrogens is 389 g/mol. The zero-order chi connectivity index (χ0) is 14.5. The normalized spacial score (nSPS) is 10.4. The molecule has 5 heteroatoms. The van der Waals surface area contributed by atoms with Crippen LogP contribution in [0.15, 0.2) is 45.3 Å². The van der Waals surface area contributed by atoms with Gasteiger partial charge in [-0.3, -0.25) is 0 Å². The van der Waals surface area contributed by atoms with E-state index in [1.165, 1.54) is 12.1 Å². The molecule has 106 valence electrons. The molecule has 0 radical (unpaired) electrons. The van der Waals surface area contributed by atoms with Crippen LogP contribution in [0.5, 0.6) is 5.75 Å². The summed E-state index contributed by atoms with van der Waals surface area (Å²) in [5.41, 5.74) is 1.74. The van der Waals surface area contributed by atoms with Crippen LogP contribution in [0, 0.1) is 5.82 Å². The van der Waals surface area contributed by atoms with Gasteiger partial charge < -0.3 is 10.1 Å². The molecule has 0 bridgehead atoms. The zero-order valence-corrected chi connectivity index (χ0v) is 14.1. The predicted octanol–water partition coefficient (Wildman–Crippen LogP) is 5.36. The van der Waals surface area contributed by atoms with Crippen molar-refractivity contribution in [3.8, 4) is 5.75 Å². The van der Waals surface area contributed by atoms with Crippen molar-refractivity contribution in [2.75, 3.05) is 11.9 Å². The second-order valence-electron chi connectivity index (χ2n) is 4.17. The van der Waals surface area contributed by atoms with Gasteiger partial charge in [0.15, 0.2) is 0 Å². The van der Waals surface area contributed by atoms with Crippen LogP contribution in [0.2, 0.25) is 0 Å². The minimum Gasteiger partial charge on any atom is -0.492 e. The minimum atomic E-state index is -0.254. The fourth-order valence-electron chi connectivity index (χ4n) is 1.85. The zero-order valence-electron chi connectivity index (χ0n) is 10.9. The summed E-state index contributed by atoms with van der Waals surface area (Å²) in [6, 6.07) is 10.3. The molecule has 0 saturated carbocycles. The molecule has 2 aromatic carbocycles. The summed E-state index contributed by atoms with van der Waals surface area (Å²) in [5.74, 6) is 0.551. The number of halogens is 3. The molecule has 20 heavy (non-hydrogen) atoms. The fraction of sp³-hybridized carbons (Fsp3) is 0.200. The first-order valence-electron chi connectivity index (χ1n) is 6.20. The molecule has 0 fully saturated rings. The molecule has 0 spiro atoms. The summed E-state index contributed by atoms with van der Waals surface area (Å²) >= 11 is 6.96. The van der Waals surface area contributed by atoms with Crippen molar-refractivity contribution in [1.82, 2.24) is 0 Å². The first-order valence-corrected chi connectivity index (χ1v) is 7.79. The van der Waals surface area contributed by atoms with Crippen LogP contribution in [-0.4, -0.2) is 6.61 Å². The summed E-state index contributed by atoms with van der Waals surface area (Å²) in [4.78, 5) is 0. The smallest absolute Gasteiger partial charge is 0.138 e. The lowest BCUT2D eigenvalue weighted by Crippen LogP contribution is -2.04. The van der Waals surface area contributed by atoms with Gasteiger partial charge >= 0.3 is 0 Å². The highest BCUT2D eigenvalue weighted by atomic mass is 79.9. The summed E-state index contributed by atoms with van der Waals surface area (Å²) < 4.78 is 20.6. The van der Waals surface area contributed by atoms with Crippen LogP contribution < -0.4 is 10.1 Å². The van der Waals surface area contributed by atoms with Gasteiger partial charge in [-0.1, -0.05) is 22.0 Å². The van der Waals surface area contributed by atoms with Crippen LogP contribution in [0.3, 0.4) is 0 Å². The molecule has 0 atom stereocenters. The number of benzene rings is 2. The molecule has 0 amide bonds. The van der Waals surface area contributed by atoms with Crippen LogP contribution in [0.4, 0.5) is 10.1 Å². The van der Waals surface area contributed by atoms with Gasteiger partial charge in [-0.25, -0.2) is 4.39 Å². The topological polar surface area (TPSA) is 21.3 Å². The third-order valence-electron chi connectivity index (χ3n) is 2.68. The summed E-state index contributed by atoms with van der Waals surface area (Å²) in [7, 11) is 0. The van der Waals surface area contributed by atoms with E-state index in [4.69, 9.17) is 4.74 Å². The van der Waals surface area contributed by atoms with Crippen molar-refractivity contribution in [3.63, 3.8) is 0 Å². The standard InChI is InChI=1S/C15H14Br2FNO/c1-2-20-15-10(6-11(16)7-14(15)17)9-19-13-5-3-4-12(18)8-13/h3-8,19H,2,9H2,1H3. The van der Waals surface area contributed by atoms with E-state index in [2.05, 4.69) is 37.2 Å². The molecule has 0 heterocycles. The average Bonchev–Trinajstić information content (AvgIpc) is 2.40. The molecular formula is C15H14Br2FNO. The van der Waals surface area contributed by atoms with Gasteiger partial charge in [0, 0.05) is 22.3 Å². The number of ether oxygens (including phenoxy) is 1. The van der Waals surface area contributed by atoms with Crippen LogP contribution in [0.1, 0.15) is 12.5 Å². The Labute approximate surface area is 134 Å². The Morgan fingerprint density at radius 1 is 1.20 bits per heavy atom. The van der Waals surface area contributed by atoms with E-state index in [0.29, 0.717) is 13.2 Å².